The van der Waals surface area contributed by atoms with Crippen molar-refractivity contribution in [3.05, 3.63) is 28.8 Å². The standard InChI is InChI=1S/C21H32ClN3O2/c1-20(2)11-16(12-21(3,4)25-20)24-19(26)14-7-8-18(17(22)10-14)27-13-15-6-5-9-23-15/h7-8,10,15-16,23,25H,5-6,9,11-13H2,1-4H3,(H,24,26). The average molecular weight is 394 g/mol. The number of nitrogens with one attached hydrogen (secondary N) is 3. The smallest absolute Gasteiger partial charge is 0.251 e. The van der Waals surface area contributed by atoms with Crippen molar-refractivity contribution in [1.82, 2.24) is 16.0 Å². The van der Waals surface area contributed by atoms with E-state index in [1.165, 1.54) is 6.42 Å². The molecule has 1 atom stereocenters. The number of carbonyl (C=O) groups is 1. The summed E-state index contributed by atoms with van der Waals surface area (Å²) in [4.78, 5) is 12.7. The van der Waals surface area contributed by atoms with Gasteiger partial charge in [0.25, 0.3) is 5.91 Å². The summed E-state index contributed by atoms with van der Waals surface area (Å²) in [5.74, 6) is 0.547. The Balaban J connectivity index is 1.60. The Hall–Kier alpha value is -1.30. The summed E-state index contributed by atoms with van der Waals surface area (Å²) >= 11 is 6.36. The molecule has 1 amide bonds. The van der Waals surface area contributed by atoms with E-state index in [4.69, 9.17) is 16.3 Å². The van der Waals surface area contributed by atoms with E-state index in [1.807, 2.05) is 0 Å². The third kappa shape index (κ3) is 5.59. The van der Waals surface area contributed by atoms with Gasteiger partial charge in [-0.15, -0.1) is 0 Å². The van der Waals surface area contributed by atoms with Crippen LogP contribution in [-0.4, -0.2) is 42.2 Å². The van der Waals surface area contributed by atoms with E-state index in [1.54, 1.807) is 18.2 Å². The first kappa shape index (κ1) is 20.4. The van der Waals surface area contributed by atoms with Gasteiger partial charge in [0.05, 0.1) is 5.02 Å². The predicted molar refractivity (Wildman–Crippen MR) is 110 cm³/mol. The van der Waals surface area contributed by atoms with E-state index < -0.39 is 0 Å². The van der Waals surface area contributed by atoms with Gasteiger partial charge in [-0.25, -0.2) is 0 Å². The molecule has 27 heavy (non-hydrogen) atoms. The molecular formula is C21H32ClN3O2. The zero-order valence-corrected chi connectivity index (χ0v) is 17.6. The number of amides is 1. The van der Waals surface area contributed by atoms with Gasteiger partial charge in [-0.3, -0.25) is 4.79 Å². The Morgan fingerprint density at radius 3 is 2.56 bits per heavy atom. The maximum Gasteiger partial charge on any atom is 0.251 e. The summed E-state index contributed by atoms with van der Waals surface area (Å²) in [6, 6.07) is 5.80. The van der Waals surface area contributed by atoms with Crippen molar-refractivity contribution in [2.75, 3.05) is 13.2 Å². The fourth-order valence-electron chi connectivity index (χ4n) is 4.54. The van der Waals surface area contributed by atoms with Gasteiger partial charge in [-0.1, -0.05) is 11.6 Å². The molecular weight excluding hydrogens is 362 g/mol. The fraction of sp³-hybridized carbons (Fsp3) is 0.667. The molecule has 1 aromatic carbocycles. The molecule has 0 spiro atoms. The monoisotopic (exact) mass is 393 g/mol. The van der Waals surface area contributed by atoms with Crippen LogP contribution in [0.4, 0.5) is 0 Å². The van der Waals surface area contributed by atoms with E-state index in [-0.39, 0.29) is 23.0 Å². The van der Waals surface area contributed by atoms with Gasteiger partial charge < -0.3 is 20.7 Å². The molecule has 2 aliphatic rings. The topological polar surface area (TPSA) is 62.4 Å². The second-order valence-electron chi connectivity index (χ2n) is 9.22. The molecule has 0 saturated carbocycles. The number of hydrogen-bond donors (Lipinski definition) is 3. The van der Waals surface area contributed by atoms with Crippen molar-refractivity contribution in [1.29, 1.82) is 0 Å². The van der Waals surface area contributed by atoms with Crippen molar-refractivity contribution >= 4 is 17.5 Å². The van der Waals surface area contributed by atoms with Gasteiger partial charge in [-0.05, 0) is 78.1 Å². The second kappa shape index (κ2) is 7.98. The third-order valence-electron chi connectivity index (χ3n) is 5.32. The minimum Gasteiger partial charge on any atom is -0.490 e. The molecule has 2 aliphatic heterocycles. The van der Waals surface area contributed by atoms with Gasteiger partial charge in [0.15, 0.2) is 0 Å². The largest absolute Gasteiger partial charge is 0.490 e. The third-order valence-corrected chi connectivity index (χ3v) is 5.62. The molecule has 0 aliphatic carbocycles. The lowest BCUT2D eigenvalue weighted by Gasteiger charge is -2.46. The quantitative estimate of drug-likeness (QED) is 0.716. The van der Waals surface area contributed by atoms with Crippen LogP contribution in [0.2, 0.25) is 5.02 Å². The molecule has 2 fully saturated rings. The minimum atomic E-state index is -0.0839. The summed E-state index contributed by atoms with van der Waals surface area (Å²) in [5.41, 5.74) is 0.549. The summed E-state index contributed by atoms with van der Waals surface area (Å²) in [6.07, 6.45) is 4.10. The van der Waals surface area contributed by atoms with Crippen LogP contribution in [0.3, 0.4) is 0 Å². The second-order valence-corrected chi connectivity index (χ2v) is 9.63. The molecule has 2 saturated heterocycles. The lowest BCUT2D eigenvalue weighted by molar-refractivity contribution is 0.0873. The summed E-state index contributed by atoms with van der Waals surface area (Å²) in [6.45, 7) is 10.4. The summed E-state index contributed by atoms with van der Waals surface area (Å²) in [7, 11) is 0. The van der Waals surface area contributed by atoms with Crippen LogP contribution in [0.15, 0.2) is 18.2 Å². The number of ether oxygens (including phenoxy) is 1. The van der Waals surface area contributed by atoms with Gasteiger partial charge in [0.2, 0.25) is 0 Å². The highest BCUT2D eigenvalue weighted by Crippen LogP contribution is 2.29. The Bertz CT molecular complexity index is 668. The predicted octanol–water partition coefficient (Wildman–Crippen LogP) is 3.51. The van der Waals surface area contributed by atoms with Gasteiger partial charge in [0.1, 0.15) is 12.4 Å². The SMILES string of the molecule is CC1(C)CC(NC(=O)c2ccc(OCC3CCCN3)c(Cl)c2)CC(C)(C)N1. The highest BCUT2D eigenvalue weighted by Gasteiger charge is 2.38. The van der Waals surface area contributed by atoms with Crippen LogP contribution < -0.4 is 20.7 Å². The van der Waals surface area contributed by atoms with Crippen molar-refractivity contribution in [3.8, 4) is 5.75 Å². The molecule has 3 rings (SSSR count). The van der Waals surface area contributed by atoms with E-state index in [9.17, 15) is 4.79 Å². The molecule has 2 heterocycles. The average Bonchev–Trinajstić information content (AvgIpc) is 3.03. The van der Waals surface area contributed by atoms with Crippen LogP contribution >= 0.6 is 11.6 Å². The maximum atomic E-state index is 12.7. The van der Waals surface area contributed by atoms with Crippen molar-refractivity contribution in [3.63, 3.8) is 0 Å². The Kier molecular flexibility index (Phi) is 6.04. The first-order valence-electron chi connectivity index (χ1n) is 9.89. The number of rotatable bonds is 5. The van der Waals surface area contributed by atoms with E-state index in [2.05, 4.69) is 43.6 Å². The molecule has 0 aromatic heterocycles. The maximum absolute atomic E-state index is 12.7. The summed E-state index contributed by atoms with van der Waals surface area (Å²) in [5, 5.41) is 10.7. The number of halogens is 1. The Labute approximate surface area is 167 Å². The van der Waals surface area contributed by atoms with E-state index >= 15 is 0 Å². The number of hydrogen-bond acceptors (Lipinski definition) is 4. The Morgan fingerprint density at radius 2 is 1.96 bits per heavy atom. The number of carbonyl (C=O) groups excluding carboxylic acids is 1. The highest BCUT2D eigenvalue weighted by atomic mass is 35.5. The minimum absolute atomic E-state index is 0.0106. The highest BCUT2D eigenvalue weighted by molar-refractivity contribution is 6.32. The molecule has 3 N–H and O–H groups in total. The first-order chi connectivity index (χ1) is 12.6. The van der Waals surface area contributed by atoms with Crippen LogP contribution in [-0.2, 0) is 0 Å². The van der Waals surface area contributed by atoms with Crippen molar-refractivity contribution in [2.45, 2.75) is 76.5 Å². The van der Waals surface area contributed by atoms with E-state index in [0.717, 1.165) is 25.8 Å². The summed E-state index contributed by atoms with van der Waals surface area (Å²) < 4.78 is 5.83. The lowest BCUT2D eigenvalue weighted by atomic mass is 9.79. The van der Waals surface area contributed by atoms with Crippen LogP contribution in [0.5, 0.6) is 5.75 Å². The molecule has 1 aromatic rings. The van der Waals surface area contributed by atoms with Gasteiger partial charge in [-0.2, -0.15) is 0 Å². The van der Waals surface area contributed by atoms with E-state index in [0.29, 0.717) is 29.0 Å². The number of benzene rings is 1. The van der Waals surface area contributed by atoms with Crippen LogP contribution in [0.1, 0.15) is 63.7 Å². The first-order valence-corrected chi connectivity index (χ1v) is 10.3. The molecule has 6 heteroatoms. The molecule has 1 unspecified atom stereocenters. The molecule has 150 valence electrons. The molecule has 0 bridgehead atoms. The number of piperidine rings is 1. The molecule has 5 nitrogen and oxygen atoms in total. The zero-order valence-electron chi connectivity index (χ0n) is 16.8. The van der Waals surface area contributed by atoms with Crippen LogP contribution in [0, 0.1) is 0 Å². The molecule has 0 radical (unpaired) electrons. The Morgan fingerprint density at radius 1 is 1.26 bits per heavy atom. The van der Waals surface area contributed by atoms with Crippen molar-refractivity contribution in [2.24, 2.45) is 0 Å². The zero-order chi connectivity index (χ0) is 19.7. The van der Waals surface area contributed by atoms with Gasteiger partial charge in [0, 0.05) is 28.7 Å². The fourth-order valence-corrected chi connectivity index (χ4v) is 4.78. The van der Waals surface area contributed by atoms with Gasteiger partial charge >= 0.3 is 0 Å². The van der Waals surface area contributed by atoms with Crippen molar-refractivity contribution < 1.29 is 9.53 Å². The van der Waals surface area contributed by atoms with Crippen LogP contribution in [0.25, 0.3) is 0 Å². The normalized spacial score (nSPS) is 24.6. The lowest BCUT2D eigenvalue weighted by Crippen LogP contribution is -2.62.